The van der Waals surface area contributed by atoms with Crippen LogP contribution in [0.1, 0.15) is 72.1 Å². The molecule has 0 amide bonds. The average molecular weight is 473 g/mol. The van der Waals surface area contributed by atoms with Crippen LogP contribution in [-0.4, -0.2) is 67.9 Å². The summed E-state index contributed by atoms with van der Waals surface area (Å²) >= 11 is 0. The molecule has 0 fully saturated rings. The van der Waals surface area contributed by atoms with Gasteiger partial charge >= 0.3 is 15.6 Å². The number of rotatable bonds is 14. The van der Waals surface area contributed by atoms with Crippen molar-refractivity contribution in [3.8, 4) is 0 Å². The van der Waals surface area contributed by atoms with Gasteiger partial charge in [0.25, 0.3) is 10.1 Å². The fourth-order valence-electron chi connectivity index (χ4n) is 2.88. The minimum atomic E-state index is -5.84. The van der Waals surface area contributed by atoms with Crippen LogP contribution in [0.4, 0.5) is 13.2 Å². The topological polar surface area (TPSA) is 109 Å². The molecule has 0 unspecified atom stereocenters. The summed E-state index contributed by atoms with van der Waals surface area (Å²) in [5, 5.41) is 0. The van der Waals surface area contributed by atoms with Gasteiger partial charge in [-0.05, 0) is 32.1 Å². The summed E-state index contributed by atoms with van der Waals surface area (Å²) in [5.41, 5.74) is -5.53. The molecule has 0 spiro atoms. The first-order valence-corrected chi connectivity index (χ1v) is 13.0. The molecule has 0 atom stereocenters. The minimum absolute atomic E-state index is 0.0949. The zero-order valence-electron chi connectivity index (χ0n) is 17.6. The van der Waals surface area contributed by atoms with Crippen molar-refractivity contribution in [2.45, 2.75) is 77.6 Å². The van der Waals surface area contributed by atoms with E-state index >= 15 is 0 Å². The highest BCUT2D eigenvalue weighted by Crippen LogP contribution is 2.20. The van der Waals surface area contributed by atoms with E-state index in [2.05, 4.69) is 20.8 Å². The molecule has 7 nitrogen and oxygen atoms in total. The largest absolute Gasteiger partial charge is 0.522 e. The van der Waals surface area contributed by atoms with Crippen LogP contribution in [0.25, 0.3) is 0 Å². The summed E-state index contributed by atoms with van der Waals surface area (Å²) in [4.78, 5) is 0. The Morgan fingerprint density at radius 1 is 0.690 bits per heavy atom. The van der Waals surface area contributed by atoms with Crippen molar-refractivity contribution in [2.75, 3.05) is 31.9 Å². The standard InChI is InChI=1S/C16H35NO3S.CHF3O3S/c1-4-7-12-17(13-8-5-2,14-9-6-3)15-10-11-16-21(18,19)20;2-1(3,4)8(5,6)7/h4-16H2,1-3H3;(H,5,6,7)/p+1. The van der Waals surface area contributed by atoms with E-state index in [-0.39, 0.29) is 5.75 Å². The zero-order chi connectivity index (χ0) is 23.2. The molecule has 178 valence electrons. The maximum atomic E-state index is 10.8. The van der Waals surface area contributed by atoms with Crippen LogP contribution >= 0.6 is 0 Å². The number of quaternary nitrogens is 1. The van der Waals surface area contributed by atoms with Gasteiger partial charge in [0, 0.05) is 0 Å². The third-order valence-electron chi connectivity index (χ3n) is 4.54. The van der Waals surface area contributed by atoms with E-state index in [1.54, 1.807) is 0 Å². The van der Waals surface area contributed by atoms with Crippen LogP contribution in [-0.2, 0) is 20.2 Å². The maximum Gasteiger partial charge on any atom is 0.522 e. The number of hydrogen-bond donors (Lipinski definition) is 2. The molecule has 0 bridgehead atoms. The second-order valence-corrected chi connectivity index (χ2v) is 10.2. The van der Waals surface area contributed by atoms with Gasteiger partial charge in [0.1, 0.15) is 0 Å². The lowest BCUT2D eigenvalue weighted by molar-refractivity contribution is -0.929. The Balaban J connectivity index is 0. The fraction of sp³-hybridized carbons (Fsp3) is 1.00. The molecule has 0 aromatic heterocycles. The second kappa shape index (κ2) is 14.6. The van der Waals surface area contributed by atoms with Gasteiger partial charge in [-0.3, -0.25) is 9.11 Å². The molecule has 29 heavy (non-hydrogen) atoms. The van der Waals surface area contributed by atoms with Gasteiger partial charge < -0.3 is 4.48 Å². The highest BCUT2D eigenvalue weighted by atomic mass is 32.2. The Morgan fingerprint density at radius 2 is 1.00 bits per heavy atom. The quantitative estimate of drug-likeness (QED) is 0.169. The van der Waals surface area contributed by atoms with Crippen molar-refractivity contribution in [1.82, 2.24) is 0 Å². The third-order valence-corrected chi connectivity index (χ3v) is 5.92. The molecule has 0 aliphatic heterocycles. The summed E-state index contributed by atoms with van der Waals surface area (Å²) in [6.45, 7) is 11.4. The van der Waals surface area contributed by atoms with Crippen molar-refractivity contribution in [1.29, 1.82) is 0 Å². The van der Waals surface area contributed by atoms with Crippen LogP contribution in [0.15, 0.2) is 0 Å². The van der Waals surface area contributed by atoms with Crippen LogP contribution in [0.2, 0.25) is 0 Å². The first-order valence-electron chi connectivity index (χ1n) is 9.98. The van der Waals surface area contributed by atoms with Crippen LogP contribution in [0.3, 0.4) is 0 Å². The predicted molar refractivity (Wildman–Crippen MR) is 108 cm³/mol. The Morgan fingerprint density at radius 3 is 1.24 bits per heavy atom. The fourth-order valence-corrected chi connectivity index (χ4v) is 3.45. The molecule has 0 aliphatic carbocycles. The van der Waals surface area contributed by atoms with Gasteiger partial charge in [-0.15, -0.1) is 0 Å². The van der Waals surface area contributed by atoms with E-state index in [1.807, 2.05) is 0 Å². The molecule has 0 radical (unpaired) electrons. The highest BCUT2D eigenvalue weighted by molar-refractivity contribution is 7.86. The van der Waals surface area contributed by atoms with Gasteiger partial charge in [0.2, 0.25) is 0 Å². The van der Waals surface area contributed by atoms with E-state index in [4.69, 9.17) is 17.5 Å². The van der Waals surface area contributed by atoms with E-state index in [0.29, 0.717) is 6.42 Å². The molecule has 2 N–H and O–H groups in total. The van der Waals surface area contributed by atoms with E-state index in [1.165, 1.54) is 58.2 Å². The lowest BCUT2D eigenvalue weighted by atomic mass is 10.1. The molecule has 12 heteroatoms. The molecule has 0 rings (SSSR count). The SMILES string of the molecule is CCCC[N+](CCCC)(CCCC)CCCCS(=O)(=O)O.O=S(=O)(O)C(F)(F)F. The van der Waals surface area contributed by atoms with Crippen LogP contribution < -0.4 is 0 Å². The van der Waals surface area contributed by atoms with Gasteiger partial charge in [0.05, 0.1) is 31.9 Å². The molecular formula is C17H37F3NO6S2+. The molecular weight excluding hydrogens is 435 g/mol. The second-order valence-electron chi connectivity index (χ2n) is 7.21. The lowest BCUT2D eigenvalue weighted by Gasteiger charge is -2.39. The first-order chi connectivity index (χ1) is 13.1. The molecule has 0 saturated carbocycles. The first kappa shape index (κ1) is 30.8. The molecule has 0 aliphatic rings. The minimum Gasteiger partial charge on any atom is -0.324 e. The van der Waals surface area contributed by atoms with Crippen molar-refractivity contribution < 1.29 is 43.6 Å². The zero-order valence-corrected chi connectivity index (χ0v) is 19.3. The van der Waals surface area contributed by atoms with Crippen molar-refractivity contribution in [3.05, 3.63) is 0 Å². The van der Waals surface area contributed by atoms with Crippen LogP contribution in [0, 0.1) is 0 Å². The number of nitrogens with zero attached hydrogens (tertiary/aromatic N) is 1. The van der Waals surface area contributed by atoms with Crippen LogP contribution in [0.5, 0.6) is 0 Å². The monoisotopic (exact) mass is 472 g/mol. The molecule has 0 aromatic rings. The summed E-state index contributed by atoms with van der Waals surface area (Å²) in [6.07, 6.45) is 8.82. The third kappa shape index (κ3) is 17.0. The van der Waals surface area contributed by atoms with Gasteiger partial charge in [-0.25, -0.2) is 0 Å². The molecule has 0 saturated heterocycles. The van der Waals surface area contributed by atoms with Crippen molar-refractivity contribution in [3.63, 3.8) is 0 Å². The number of halogens is 3. The van der Waals surface area contributed by atoms with Crippen molar-refractivity contribution in [2.24, 2.45) is 0 Å². The van der Waals surface area contributed by atoms with E-state index in [0.717, 1.165) is 17.4 Å². The van der Waals surface area contributed by atoms with Gasteiger partial charge in [-0.2, -0.15) is 30.0 Å². The smallest absolute Gasteiger partial charge is 0.324 e. The Bertz CT molecular complexity index is 600. The van der Waals surface area contributed by atoms with Gasteiger partial charge in [-0.1, -0.05) is 40.0 Å². The highest BCUT2D eigenvalue weighted by Gasteiger charge is 2.44. The number of alkyl halides is 3. The molecule has 0 aromatic carbocycles. The maximum absolute atomic E-state index is 10.8. The van der Waals surface area contributed by atoms with E-state index < -0.39 is 25.7 Å². The average Bonchev–Trinajstić information content (AvgIpc) is 2.57. The Hall–Kier alpha value is -0.430. The Kier molecular flexibility index (Phi) is 15.4. The van der Waals surface area contributed by atoms with Crippen molar-refractivity contribution >= 4 is 20.2 Å². The number of unbranched alkanes of at least 4 members (excludes halogenated alkanes) is 4. The van der Waals surface area contributed by atoms with E-state index in [9.17, 15) is 21.6 Å². The summed E-state index contributed by atoms with van der Waals surface area (Å²) in [7, 11) is -9.64. The summed E-state index contributed by atoms with van der Waals surface area (Å²) in [5.74, 6) is -0.0949. The Labute approximate surface area is 173 Å². The predicted octanol–water partition coefficient (Wildman–Crippen LogP) is 4.27. The normalized spacial score (nSPS) is 13.1. The summed E-state index contributed by atoms with van der Waals surface area (Å²) < 4.78 is 89.2. The van der Waals surface area contributed by atoms with Gasteiger partial charge in [0.15, 0.2) is 0 Å². The lowest BCUT2D eigenvalue weighted by Crippen LogP contribution is -2.50. The summed E-state index contributed by atoms with van der Waals surface area (Å²) in [6, 6.07) is 0. The molecule has 0 heterocycles. The number of hydrogen-bond acceptors (Lipinski definition) is 4.